The summed E-state index contributed by atoms with van der Waals surface area (Å²) in [7, 11) is 1.82. The molecule has 0 spiro atoms. The molecule has 17 heavy (non-hydrogen) atoms. The normalized spacial score (nSPS) is 12.8. The third-order valence-corrected chi connectivity index (χ3v) is 3.59. The van der Waals surface area contributed by atoms with E-state index < -0.39 is 0 Å². The molecule has 0 aromatic carbocycles. The van der Waals surface area contributed by atoms with E-state index in [1.165, 1.54) is 9.75 Å². The van der Waals surface area contributed by atoms with E-state index in [4.69, 9.17) is 5.73 Å². The molecule has 1 amide bonds. The zero-order chi connectivity index (χ0) is 13.0. The predicted octanol–water partition coefficient (Wildman–Crippen LogP) is 2.39. The van der Waals surface area contributed by atoms with Crippen molar-refractivity contribution >= 4 is 17.2 Å². The minimum atomic E-state index is -0.374. The number of thiophene rings is 1. The standard InChI is InChI=1S/C13H22N2OS/c1-9(2)7-12(14)13(16)15(4)8-11-6-5-10(3)17-11/h5-6,9,12H,7-8,14H2,1-4H3/t12-/m0/s1. The quantitative estimate of drug-likeness (QED) is 0.877. The van der Waals surface area contributed by atoms with Crippen LogP contribution in [0.5, 0.6) is 0 Å². The molecule has 1 rings (SSSR count). The van der Waals surface area contributed by atoms with E-state index in [1.54, 1.807) is 16.2 Å². The smallest absolute Gasteiger partial charge is 0.239 e. The Morgan fingerprint density at radius 2 is 2.12 bits per heavy atom. The third kappa shape index (κ3) is 4.48. The molecule has 0 bridgehead atoms. The van der Waals surface area contributed by atoms with E-state index >= 15 is 0 Å². The van der Waals surface area contributed by atoms with Gasteiger partial charge in [-0.2, -0.15) is 0 Å². The molecular formula is C13H22N2OS. The minimum Gasteiger partial charge on any atom is -0.339 e. The van der Waals surface area contributed by atoms with Crippen LogP contribution in [0.3, 0.4) is 0 Å². The summed E-state index contributed by atoms with van der Waals surface area (Å²) in [6, 6.07) is 3.77. The first-order chi connectivity index (χ1) is 7.90. The van der Waals surface area contributed by atoms with Crippen molar-refractivity contribution in [1.29, 1.82) is 0 Å². The molecule has 0 fully saturated rings. The molecule has 1 heterocycles. The van der Waals surface area contributed by atoms with E-state index in [0.29, 0.717) is 12.5 Å². The summed E-state index contributed by atoms with van der Waals surface area (Å²) in [4.78, 5) is 16.2. The molecule has 2 N–H and O–H groups in total. The van der Waals surface area contributed by atoms with Gasteiger partial charge in [-0.15, -0.1) is 11.3 Å². The highest BCUT2D eigenvalue weighted by Gasteiger charge is 2.19. The van der Waals surface area contributed by atoms with Gasteiger partial charge in [0, 0.05) is 16.8 Å². The number of hydrogen-bond donors (Lipinski definition) is 1. The van der Waals surface area contributed by atoms with Crippen LogP contribution >= 0.6 is 11.3 Å². The number of hydrogen-bond acceptors (Lipinski definition) is 3. The Labute approximate surface area is 108 Å². The van der Waals surface area contributed by atoms with Gasteiger partial charge in [-0.05, 0) is 31.4 Å². The van der Waals surface area contributed by atoms with Crippen molar-refractivity contribution in [1.82, 2.24) is 4.90 Å². The van der Waals surface area contributed by atoms with Crippen LogP contribution in [0.15, 0.2) is 12.1 Å². The van der Waals surface area contributed by atoms with Crippen molar-refractivity contribution in [3.8, 4) is 0 Å². The molecule has 1 aromatic rings. The number of carbonyl (C=O) groups excluding carboxylic acids is 1. The SMILES string of the molecule is Cc1ccc(CN(C)C(=O)[C@@H](N)CC(C)C)s1. The number of nitrogens with two attached hydrogens (primary N) is 1. The van der Waals surface area contributed by atoms with Gasteiger partial charge in [0.05, 0.1) is 12.6 Å². The Balaban J connectivity index is 2.52. The number of amides is 1. The highest BCUT2D eigenvalue weighted by molar-refractivity contribution is 7.11. The fraction of sp³-hybridized carbons (Fsp3) is 0.615. The zero-order valence-corrected chi connectivity index (χ0v) is 11.9. The van der Waals surface area contributed by atoms with Crippen molar-refractivity contribution in [2.45, 2.75) is 39.8 Å². The summed E-state index contributed by atoms with van der Waals surface area (Å²) in [5.74, 6) is 0.482. The van der Waals surface area contributed by atoms with E-state index in [9.17, 15) is 4.79 Å². The Hall–Kier alpha value is -0.870. The predicted molar refractivity (Wildman–Crippen MR) is 73.0 cm³/mol. The molecule has 0 aliphatic heterocycles. The minimum absolute atomic E-state index is 0.0322. The molecule has 3 nitrogen and oxygen atoms in total. The molecule has 96 valence electrons. The van der Waals surface area contributed by atoms with Crippen LogP contribution in [0.1, 0.15) is 30.0 Å². The number of likely N-dealkylation sites (N-methyl/N-ethyl adjacent to an activating group) is 1. The zero-order valence-electron chi connectivity index (χ0n) is 11.1. The average Bonchev–Trinajstić information content (AvgIpc) is 2.61. The maximum absolute atomic E-state index is 12.0. The monoisotopic (exact) mass is 254 g/mol. The van der Waals surface area contributed by atoms with Crippen molar-refractivity contribution in [2.75, 3.05) is 7.05 Å². The lowest BCUT2D eigenvalue weighted by Crippen LogP contribution is -2.42. The maximum atomic E-state index is 12.0. The second-order valence-electron chi connectivity index (χ2n) is 4.94. The van der Waals surface area contributed by atoms with Crippen LogP contribution in [0.2, 0.25) is 0 Å². The number of rotatable bonds is 5. The Kier molecular flexibility index (Phi) is 5.15. The van der Waals surface area contributed by atoms with Gasteiger partial charge >= 0.3 is 0 Å². The van der Waals surface area contributed by atoms with Gasteiger partial charge in [0.15, 0.2) is 0 Å². The van der Waals surface area contributed by atoms with E-state index in [1.807, 2.05) is 7.05 Å². The van der Waals surface area contributed by atoms with Gasteiger partial charge in [-0.1, -0.05) is 13.8 Å². The van der Waals surface area contributed by atoms with Gasteiger partial charge in [0.2, 0.25) is 5.91 Å². The third-order valence-electron chi connectivity index (χ3n) is 2.61. The Bertz CT molecular complexity index is 373. The molecule has 0 unspecified atom stereocenters. The Morgan fingerprint density at radius 1 is 1.47 bits per heavy atom. The highest BCUT2D eigenvalue weighted by atomic mass is 32.1. The number of aryl methyl sites for hydroxylation is 1. The van der Waals surface area contributed by atoms with Crippen LogP contribution in [0.4, 0.5) is 0 Å². The first kappa shape index (κ1) is 14.2. The van der Waals surface area contributed by atoms with Crippen molar-refractivity contribution < 1.29 is 4.79 Å². The van der Waals surface area contributed by atoms with Crippen LogP contribution in [0.25, 0.3) is 0 Å². The number of carbonyl (C=O) groups is 1. The molecule has 0 aliphatic rings. The summed E-state index contributed by atoms with van der Waals surface area (Å²) in [5.41, 5.74) is 5.89. The second-order valence-corrected chi connectivity index (χ2v) is 6.32. The summed E-state index contributed by atoms with van der Waals surface area (Å²) in [5, 5.41) is 0. The summed E-state index contributed by atoms with van der Waals surface area (Å²) < 4.78 is 0. The average molecular weight is 254 g/mol. The van der Waals surface area contributed by atoms with Gasteiger partial charge in [0.25, 0.3) is 0 Å². The fourth-order valence-electron chi connectivity index (χ4n) is 1.77. The van der Waals surface area contributed by atoms with Crippen LogP contribution in [-0.2, 0) is 11.3 Å². The van der Waals surface area contributed by atoms with Crippen molar-refractivity contribution in [2.24, 2.45) is 11.7 Å². The molecule has 0 radical (unpaired) electrons. The lowest BCUT2D eigenvalue weighted by atomic mass is 10.0. The topological polar surface area (TPSA) is 46.3 Å². The van der Waals surface area contributed by atoms with Gasteiger partial charge in [-0.3, -0.25) is 4.79 Å². The molecule has 0 saturated carbocycles. The molecule has 1 aromatic heterocycles. The van der Waals surface area contributed by atoms with Crippen LogP contribution in [0, 0.1) is 12.8 Å². The molecule has 0 saturated heterocycles. The van der Waals surface area contributed by atoms with Gasteiger partial charge < -0.3 is 10.6 Å². The fourth-order valence-corrected chi connectivity index (χ4v) is 2.72. The first-order valence-electron chi connectivity index (χ1n) is 5.96. The van der Waals surface area contributed by atoms with E-state index in [-0.39, 0.29) is 11.9 Å². The van der Waals surface area contributed by atoms with Crippen LogP contribution < -0.4 is 5.73 Å². The highest BCUT2D eigenvalue weighted by Crippen LogP contribution is 2.17. The maximum Gasteiger partial charge on any atom is 0.239 e. The van der Waals surface area contributed by atoms with Crippen molar-refractivity contribution in [3.63, 3.8) is 0 Å². The van der Waals surface area contributed by atoms with Gasteiger partial charge in [0.1, 0.15) is 0 Å². The summed E-state index contributed by atoms with van der Waals surface area (Å²) in [6.45, 7) is 6.88. The lowest BCUT2D eigenvalue weighted by Gasteiger charge is -2.21. The lowest BCUT2D eigenvalue weighted by molar-refractivity contribution is -0.132. The van der Waals surface area contributed by atoms with Crippen molar-refractivity contribution in [3.05, 3.63) is 21.9 Å². The van der Waals surface area contributed by atoms with Crippen LogP contribution in [-0.4, -0.2) is 23.9 Å². The second kappa shape index (κ2) is 6.17. The number of nitrogens with zero attached hydrogens (tertiary/aromatic N) is 1. The largest absolute Gasteiger partial charge is 0.339 e. The molecule has 4 heteroatoms. The summed E-state index contributed by atoms with van der Waals surface area (Å²) in [6.07, 6.45) is 0.743. The van der Waals surface area contributed by atoms with E-state index in [2.05, 4.69) is 32.9 Å². The summed E-state index contributed by atoms with van der Waals surface area (Å²) >= 11 is 1.72. The van der Waals surface area contributed by atoms with E-state index in [0.717, 1.165) is 6.42 Å². The molecule has 0 aliphatic carbocycles. The molecule has 1 atom stereocenters. The first-order valence-corrected chi connectivity index (χ1v) is 6.77. The van der Waals surface area contributed by atoms with Gasteiger partial charge in [-0.25, -0.2) is 0 Å². The Morgan fingerprint density at radius 3 is 2.59 bits per heavy atom. The molecular weight excluding hydrogens is 232 g/mol.